The van der Waals surface area contributed by atoms with E-state index >= 15 is 0 Å². The average molecular weight is 348 g/mol. The van der Waals surface area contributed by atoms with Crippen LogP contribution < -0.4 is 11.1 Å². The molecule has 0 atom stereocenters. The van der Waals surface area contributed by atoms with Crippen molar-refractivity contribution in [3.05, 3.63) is 61.6 Å². The zero-order valence-electron chi connectivity index (χ0n) is 11.3. The predicted molar refractivity (Wildman–Crippen MR) is 81.3 cm³/mol. The summed E-state index contributed by atoms with van der Waals surface area (Å²) in [5.41, 5.74) is -0.00654. The Morgan fingerprint density at radius 3 is 2.52 bits per heavy atom. The first kappa shape index (κ1) is 13.0. The van der Waals surface area contributed by atoms with Crippen LogP contribution >= 0.6 is 15.9 Å². The predicted octanol–water partition coefficient (Wildman–Crippen LogP) is 1.72. The topological polar surface area (TPSA) is 56.9 Å². The molecule has 5 rings (SSSR count). The van der Waals surface area contributed by atoms with E-state index in [4.69, 9.17) is 0 Å². The highest BCUT2D eigenvalue weighted by atomic mass is 79.9. The van der Waals surface area contributed by atoms with Crippen molar-refractivity contribution in [2.75, 3.05) is 0 Å². The molecule has 0 aliphatic heterocycles. The second-order valence-electron chi connectivity index (χ2n) is 6.10. The highest BCUT2D eigenvalue weighted by Gasteiger charge is 2.58. The molecule has 0 aromatic carbocycles. The smallest absolute Gasteiger partial charge is 0.305 e. The monoisotopic (exact) mass is 347 g/mol. The molecule has 0 amide bonds. The molecule has 5 nitrogen and oxygen atoms in total. The van der Waals surface area contributed by atoms with Gasteiger partial charge in [0.25, 0.3) is 0 Å². The molecule has 21 heavy (non-hydrogen) atoms. The van der Waals surface area contributed by atoms with Gasteiger partial charge in [0, 0.05) is 24.1 Å². The summed E-state index contributed by atoms with van der Waals surface area (Å²) in [6, 6.07) is 3.71. The highest BCUT2D eigenvalue weighted by molar-refractivity contribution is 9.10. The standard InChI is InChI=1S/C15H14BrN3O2/c16-12-2-1-10(8-17-12)9-18-3-4-19(14(21)13(18)20)15-5-11(6-15)7-15/h1-4,8,11H,5-7,9H2. The average Bonchev–Trinajstić information content (AvgIpc) is 2.37. The lowest BCUT2D eigenvalue weighted by atomic mass is 9.49. The second-order valence-corrected chi connectivity index (χ2v) is 6.91. The van der Waals surface area contributed by atoms with Gasteiger partial charge in [0.15, 0.2) is 0 Å². The largest absolute Gasteiger partial charge is 0.316 e. The van der Waals surface area contributed by atoms with E-state index in [2.05, 4.69) is 20.9 Å². The van der Waals surface area contributed by atoms with Gasteiger partial charge in [0.05, 0.1) is 6.54 Å². The molecule has 2 bridgehead atoms. The minimum absolute atomic E-state index is 0.0425. The molecule has 6 heteroatoms. The molecule has 2 aromatic heterocycles. The van der Waals surface area contributed by atoms with Gasteiger partial charge in [-0.2, -0.15) is 0 Å². The lowest BCUT2D eigenvalue weighted by molar-refractivity contribution is -0.0919. The fourth-order valence-electron chi connectivity index (χ4n) is 3.43. The maximum Gasteiger partial charge on any atom is 0.316 e. The van der Waals surface area contributed by atoms with E-state index in [1.54, 1.807) is 23.2 Å². The molecule has 0 saturated heterocycles. The first-order valence-electron chi connectivity index (χ1n) is 7.00. The van der Waals surface area contributed by atoms with E-state index in [-0.39, 0.29) is 5.54 Å². The third-order valence-corrected chi connectivity index (χ3v) is 5.19. The van der Waals surface area contributed by atoms with Crippen molar-refractivity contribution in [2.45, 2.75) is 31.3 Å². The van der Waals surface area contributed by atoms with Gasteiger partial charge in [-0.3, -0.25) is 9.59 Å². The Bertz CT molecular complexity index is 805. The van der Waals surface area contributed by atoms with Crippen LogP contribution in [-0.4, -0.2) is 14.1 Å². The Morgan fingerprint density at radius 1 is 1.19 bits per heavy atom. The molecular weight excluding hydrogens is 334 g/mol. The summed E-state index contributed by atoms with van der Waals surface area (Å²) in [7, 11) is 0. The van der Waals surface area contributed by atoms with Crippen molar-refractivity contribution in [3.63, 3.8) is 0 Å². The number of aromatic nitrogens is 3. The van der Waals surface area contributed by atoms with Crippen LogP contribution in [0.5, 0.6) is 0 Å². The molecule has 0 unspecified atom stereocenters. The Morgan fingerprint density at radius 2 is 1.95 bits per heavy atom. The van der Waals surface area contributed by atoms with E-state index in [9.17, 15) is 9.59 Å². The van der Waals surface area contributed by atoms with E-state index in [1.165, 1.54) is 4.57 Å². The van der Waals surface area contributed by atoms with Crippen molar-refractivity contribution in [1.29, 1.82) is 0 Å². The fourth-order valence-corrected chi connectivity index (χ4v) is 3.67. The van der Waals surface area contributed by atoms with Crippen LogP contribution in [0, 0.1) is 5.92 Å². The Balaban J connectivity index is 1.67. The van der Waals surface area contributed by atoms with E-state index < -0.39 is 11.1 Å². The minimum atomic E-state index is -0.454. The Hall–Kier alpha value is -1.69. The summed E-state index contributed by atoms with van der Waals surface area (Å²) in [4.78, 5) is 28.7. The van der Waals surface area contributed by atoms with Gasteiger partial charge in [0.2, 0.25) is 0 Å². The van der Waals surface area contributed by atoms with Crippen molar-refractivity contribution in [1.82, 2.24) is 14.1 Å². The van der Waals surface area contributed by atoms with Gasteiger partial charge in [-0.1, -0.05) is 6.07 Å². The molecule has 0 radical (unpaired) electrons. The third kappa shape index (κ3) is 1.92. The van der Waals surface area contributed by atoms with Crippen LogP contribution in [-0.2, 0) is 12.1 Å². The zero-order chi connectivity index (χ0) is 14.6. The molecule has 0 spiro atoms. The Kier molecular flexibility index (Phi) is 2.73. The van der Waals surface area contributed by atoms with Gasteiger partial charge in [0.1, 0.15) is 4.60 Å². The number of rotatable bonds is 3. The van der Waals surface area contributed by atoms with Crippen LogP contribution in [0.3, 0.4) is 0 Å². The summed E-state index contributed by atoms with van der Waals surface area (Å²) in [5.74, 6) is 0.771. The highest BCUT2D eigenvalue weighted by Crippen LogP contribution is 2.61. The van der Waals surface area contributed by atoms with Crippen LogP contribution in [0.15, 0.2) is 44.9 Å². The second kappa shape index (κ2) is 4.40. The SMILES string of the molecule is O=c1c(=O)n(C23CC(C2)C3)ccn1Cc1ccc(Br)nc1. The maximum absolute atomic E-state index is 12.3. The first-order valence-corrected chi connectivity index (χ1v) is 7.80. The molecular formula is C15H14BrN3O2. The van der Waals surface area contributed by atoms with Gasteiger partial charge >= 0.3 is 11.1 Å². The van der Waals surface area contributed by atoms with Gasteiger partial charge < -0.3 is 9.13 Å². The van der Waals surface area contributed by atoms with Crippen LogP contribution in [0.25, 0.3) is 0 Å². The quantitative estimate of drug-likeness (QED) is 0.627. The zero-order valence-corrected chi connectivity index (χ0v) is 12.9. The van der Waals surface area contributed by atoms with Gasteiger partial charge in [-0.25, -0.2) is 4.98 Å². The Labute approximate surface area is 129 Å². The summed E-state index contributed by atoms with van der Waals surface area (Å²) >= 11 is 3.27. The van der Waals surface area contributed by atoms with E-state index in [0.717, 1.165) is 35.3 Å². The molecule has 108 valence electrons. The molecule has 2 aromatic rings. The first-order chi connectivity index (χ1) is 10.1. The van der Waals surface area contributed by atoms with Crippen molar-refractivity contribution in [2.24, 2.45) is 5.92 Å². The molecule has 3 aliphatic carbocycles. The number of hydrogen-bond acceptors (Lipinski definition) is 3. The maximum atomic E-state index is 12.3. The number of nitrogens with zero attached hydrogens (tertiary/aromatic N) is 3. The van der Waals surface area contributed by atoms with Gasteiger partial charge in [-0.05, 0) is 52.7 Å². The summed E-state index contributed by atoms with van der Waals surface area (Å²) in [6.07, 6.45) is 8.33. The molecule has 2 heterocycles. The number of halogens is 1. The third-order valence-electron chi connectivity index (χ3n) is 4.72. The molecule has 3 saturated carbocycles. The summed E-state index contributed by atoms with van der Waals surface area (Å²) in [6.45, 7) is 0.366. The molecule has 3 aliphatic rings. The van der Waals surface area contributed by atoms with Gasteiger partial charge in [-0.15, -0.1) is 0 Å². The molecule has 0 N–H and O–H groups in total. The van der Waals surface area contributed by atoms with Crippen molar-refractivity contribution >= 4 is 15.9 Å². The van der Waals surface area contributed by atoms with Crippen molar-refractivity contribution in [3.8, 4) is 0 Å². The normalized spacial score (nSPS) is 26.0. The van der Waals surface area contributed by atoms with Crippen LogP contribution in [0.2, 0.25) is 0 Å². The molecule has 3 fully saturated rings. The lowest BCUT2D eigenvalue weighted by Crippen LogP contribution is -2.64. The summed E-state index contributed by atoms with van der Waals surface area (Å²) < 4.78 is 3.86. The van der Waals surface area contributed by atoms with Crippen LogP contribution in [0.4, 0.5) is 0 Å². The van der Waals surface area contributed by atoms with Crippen LogP contribution in [0.1, 0.15) is 24.8 Å². The number of hydrogen-bond donors (Lipinski definition) is 0. The lowest BCUT2D eigenvalue weighted by Gasteiger charge is -2.62. The summed E-state index contributed by atoms with van der Waals surface area (Å²) in [5, 5.41) is 0. The van der Waals surface area contributed by atoms with E-state index in [1.807, 2.05) is 12.1 Å². The number of pyridine rings is 1. The van der Waals surface area contributed by atoms with E-state index in [0.29, 0.717) is 6.54 Å². The fraction of sp³-hybridized carbons (Fsp3) is 0.400. The minimum Gasteiger partial charge on any atom is -0.305 e. The van der Waals surface area contributed by atoms with Crippen molar-refractivity contribution < 1.29 is 0 Å².